The van der Waals surface area contributed by atoms with Gasteiger partial charge in [-0.15, -0.1) is 0 Å². The molecule has 4 N–H and O–H groups in total. The summed E-state index contributed by atoms with van der Waals surface area (Å²) in [6.45, 7) is 0. The van der Waals surface area contributed by atoms with Gasteiger partial charge in [-0.05, 0) is 52.4 Å². The van der Waals surface area contributed by atoms with Crippen LogP contribution >= 0.6 is 31.9 Å². The van der Waals surface area contributed by atoms with E-state index >= 15 is 0 Å². The van der Waals surface area contributed by atoms with Crippen molar-refractivity contribution in [3.05, 3.63) is 26.6 Å². The molecule has 17 heavy (non-hydrogen) atoms. The van der Waals surface area contributed by atoms with Crippen LogP contribution in [0, 0.1) is 5.92 Å². The molecule has 2 nitrogen and oxygen atoms in total. The molecule has 1 unspecified atom stereocenters. The summed E-state index contributed by atoms with van der Waals surface area (Å²) in [5, 5.41) is 0. The van der Waals surface area contributed by atoms with Gasteiger partial charge in [0, 0.05) is 15.0 Å². The Labute approximate surface area is 119 Å². The topological polar surface area (TPSA) is 52.0 Å². The highest BCUT2D eigenvalue weighted by atomic mass is 79.9. The van der Waals surface area contributed by atoms with Gasteiger partial charge in [0.05, 0.1) is 5.69 Å². The fourth-order valence-corrected chi connectivity index (χ4v) is 3.89. The second-order valence-electron chi connectivity index (χ2n) is 4.81. The molecule has 0 heterocycles. The van der Waals surface area contributed by atoms with Gasteiger partial charge in [-0.2, -0.15) is 0 Å². The van der Waals surface area contributed by atoms with E-state index in [0.717, 1.165) is 20.2 Å². The first-order chi connectivity index (χ1) is 8.09. The summed E-state index contributed by atoms with van der Waals surface area (Å²) >= 11 is 6.98. The lowest BCUT2D eigenvalue weighted by Crippen LogP contribution is -2.24. The maximum Gasteiger partial charge on any atom is 0.0507 e. The van der Waals surface area contributed by atoms with Crippen molar-refractivity contribution in [2.45, 2.75) is 38.1 Å². The molecular formula is C13H18Br2N2. The smallest absolute Gasteiger partial charge is 0.0507 e. The average molecular weight is 362 g/mol. The first kappa shape index (κ1) is 13.4. The zero-order chi connectivity index (χ0) is 12.4. The molecule has 1 atom stereocenters. The van der Waals surface area contributed by atoms with Gasteiger partial charge in [0.1, 0.15) is 0 Å². The average Bonchev–Trinajstić information content (AvgIpc) is 2.34. The highest BCUT2D eigenvalue weighted by molar-refractivity contribution is 9.11. The number of hydrogen-bond donors (Lipinski definition) is 2. The lowest BCUT2D eigenvalue weighted by atomic mass is 9.81. The van der Waals surface area contributed by atoms with Gasteiger partial charge < -0.3 is 11.5 Å². The van der Waals surface area contributed by atoms with Gasteiger partial charge in [-0.3, -0.25) is 0 Å². The van der Waals surface area contributed by atoms with Gasteiger partial charge in [0.15, 0.2) is 0 Å². The summed E-state index contributed by atoms with van der Waals surface area (Å²) in [4.78, 5) is 0. The van der Waals surface area contributed by atoms with Crippen LogP contribution in [0.2, 0.25) is 0 Å². The van der Waals surface area contributed by atoms with Gasteiger partial charge in [0.25, 0.3) is 0 Å². The molecule has 1 fully saturated rings. The van der Waals surface area contributed by atoms with Crippen LogP contribution in [-0.4, -0.2) is 0 Å². The van der Waals surface area contributed by atoms with Crippen LogP contribution in [0.3, 0.4) is 0 Å². The van der Waals surface area contributed by atoms with E-state index in [1.54, 1.807) is 0 Å². The van der Waals surface area contributed by atoms with E-state index in [1.807, 2.05) is 6.07 Å². The number of anilines is 1. The summed E-state index contributed by atoms with van der Waals surface area (Å²) in [5.41, 5.74) is 14.3. The van der Waals surface area contributed by atoms with E-state index in [1.165, 1.54) is 32.1 Å². The van der Waals surface area contributed by atoms with E-state index in [2.05, 4.69) is 37.9 Å². The molecule has 0 aromatic heterocycles. The minimum Gasteiger partial charge on any atom is -0.398 e. The van der Waals surface area contributed by atoms with E-state index in [-0.39, 0.29) is 6.04 Å². The molecule has 0 radical (unpaired) electrons. The number of nitrogen functional groups attached to an aromatic ring is 1. The van der Waals surface area contributed by atoms with Gasteiger partial charge >= 0.3 is 0 Å². The lowest BCUT2D eigenvalue weighted by Gasteiger charge is -2.28. The molecule has 1 aliphatic carbocycles. The molecule has 2 rings (SSSR count). The van der Waals surface area contributed by atoms with E-state index in [4.69, 9.17) is 11.5 Å². The highest BCUT2D eigenvalue weighted by Crippen LogP contribution is 2.38. The first-order valence-electron chi connectivity index (χ1n) is 6.09. The Kier molecular flexibility index (Phi) is 4.50. The van der Waals surface area contributed by atoms with Crippen molar-refractivity contribution in [1.29, 1.82) is 0 Å². The zero-order valence-corrected chi connectivity index (χ0v) is 12.9. The van der Waals surface area contributed by atoms with Crippen molar-refractivity contribution < 1.29 is 0 Å². The second-order valence-corrected chi connectivity index (χ2v) is 6.58. The molecule has 1 aliphatic rings. The maximum atomic E-state index is 6.39. The maximum absolute atomic E-state index is 6.39. The normalized spacial score (nSPS) is 19.2. The van der Waals surface area contributed by atoms with Gasteiger partial charge in [-0.25, -0.2) is 0 Å². The molecule has 0 spiro atoms. The van der Waals surface area contributed by atoms with Crippen LogP contribution < -0.4 is 11.5 Å². The predicted molar refractivity (Wildman–Crippen MR) is 79.8 cm³/mol. The molecule has 0 amide bonds. The van der Waals surface area contributed by atoms with Crippen molar-refractivity contribution >= 4 is 37.5 Å². The molecule has 0 saturated heterocycles. The van der Waals surface area contributed by atoms with Gasteiger partial charge in [-0.1, -0.05) is 35.2 Å². The molecule has 0 aliphatic heterocycles. The predicted octanol–water partition coefficient (Wildman–Crippen LogP) is 4.37. The molecule has 1 aromatic carbocycles. The van der Waals surface area contributed by atoms with Crippen LogP contribution in [0.1, 0.15) is 43.7 Å². The Morgan fingerprint density at radius 2 is 1.76 bits per heavy atom. The summed E-state index contributed by atoms with van der Waals surface area (Å²) in [6.07, 6.45) is 6.40. The van der Waals surface area contributed by atoms with Gasteiger partial charge in [0.2, 0.25) is 0 Å². The van der Waals surface area contributed by atoms with E-state index < -0.39 is 0 Å². The van der Waals surface area contributed by atoms with E-state index in [9.17, 15) is 0 Å². The summed E-state index contributed by atoms with van der Waals surface area (Å²) < 4.78 is 1.95. The largest absolute Gasteiger partial charge is 0.398 e. The zero-order valence-electron chi connectivity index (χ0n) is 9.76. The number of rotatable bonds is 2. The lowest BCUT2D eigenvalue weighted by molar-refractivity contribution is 0.308. The third-order valence-corrected chi connectivity index (χ3v) is 4.76. The van der Waals surface area contributed by atoms with Crippen molar-refractivity contribution in [3.63, 3.8) is 0 Å². The quantitative estimate of drug-likeness (QED) is 0.768. The summed E-state index contributed by atoms with van der Waals surface area (Å²) in [5.74, 6) is 0.576. The number of benzene rings is 1. The fraction of sp³-hybridized carbons (Fsp3) is 0.538. The van der Waals surface area contributed by atoms with Crippen molar-refractivity contribution in [2.75, 3.05) is 5.73 Å². The number of nitrogens with two attached hydrogens (primary N) is 2. The van der Waals surface area contributed by atoms with Crippen molar-refractivity contribution in [1.82, 2.24) is 0 Å². The Morgan fingerprint density at radius 1 is 1.12 bits per heavy atom. The first-order valence-corrected chi connectivity index (χ1v) is 7.68. The van der Waals surface area contributed by atoms with Crippen LogP contribution in [0.4, 0.5) is 5.69 Å². The molecule has 4 heteroatoms. The molecular weight excluding hydrogens is 344 g/mol. The highest BCUT2D eigenvalue weighted by Gasteiger charge is 2.24. The Hall–Kier alpha value is -0.0600. The molecule has 94 valence electrons. The van der Waals surface area contributed by atoms with Crippen LogP contribution in [-0.2, 0) is 0 Å². The second kappa shape index (κ2) is 5.72. The minimum absolute atomic E-state index is 0.0594. The van der Waals surface area contributed by atoms with E-state index in [0.29, 0.717) is 5.92 Å². The van der Waals surface area contributed by atoms with Crippen LogP contribution in [0.25, 0.3) is 0 Å². The van der Waals surface area contributed by atoms with Crippen molar-refractivity contribution in [3.8, 4) is 0 Å². The Morgan fingerprint density at radius 3 is 2.41 bits per heavy atom. The number of hydrogen-bond acceptors (Lipinski definition) is 2. The standard InChI is InChI=1S/C13H18Br2N2/c14-9-6-10(13(17)11(15)7-9)12(16)8-4-2-1-3-5-8/h6-8,12H,1-5,16-17H2. The summed E-state index contributed by atoms with van der Waals surface area (Å²) in [7, 11) is 0. The number of halogens is 2. The monoisotopic (exact) mass is 360 g/mol. The van der Waals surface area contributed by atoms with Crippen molar-refractivity contribution in [2.24, 2.45) is 11.7 Å². The molecule has 0 bridgehead atoms. The summed E-state index contributed by atoms with van der Waals surface area (Å²) in [6, 6.07) is 4.08. The third kappa shape index (κ3) is 3.04. The Bertz CT molecular complexity index is 401. The molecule has 1 aromatic rings. The Balaban J connectivity index is 2.26. The third-order valence-electron chi connectivity index (χ3n) is 3.64. The molecule has 1 saturated carbocycles. The minimum atomic E-state index is 0.0594. The fourth-order valence-electron chi connectivity index (χ4n) is 2.63. The van der Waals surface area contributed by atoms with Crippen LogP contribution in [0.15, 0.2) is 21.1 Å². The van der Waals surface area contributed by atoms with Crippen LogP contribution in [0.5, 0.6) is 0 Å². The SMILES string of the molecule is Nc1c(Br)cc(Br)cc1C(N)C1CCCCC1.